The number of imide groups is 1. The third-order valence-corrected chi connectivity index (χ3v) is 11.1. The second-order valence-corrected chi connectivity index (χ2v) is 13.0. The molecule has 6 rings (SSSR count). The molecule has 0 saturated carbocycles. The number of thioether (sulfide) groups is 1. The van der Waals surface area contributed by atoms with Crippen LogP contribution < -0.4 is 9.77 Å². The largest absolute Gasteiger partial charge is 0.462 e. The van der Waals surface area contributed by atoms with Crippen LogP contribution in [0.2, 0.25) is 0 Å². The molecule has 9 nitrogen and oxygen atoms in total. The number of anilines is 1. The number of aromatic nitrogens is 1. The number of likely N-dealkylation sites (tertiary alicyclic amines) is 1. The first-order valence-electron chi connectivity index (χ1n) is 13.3. The molecule has 0 aliphatic carbocycles. The Kier molecular flexibility index (Phi) is 7.41. The first-order chi connectivity index (χ1) is 19.4. The number of hydrogen-bond donors (Lipinski definition) is 0. The summed E-state index contributed by atoms with van der Waals surface area (Å²) in [5.74, 6) is -2.45. The Morgan fingerprint density at radius 1 is 1.00 bits per heavy atom. The van der Waals surface area contributed by atoms with Gasteiger partial charge in [-0.2, -0.15) is 0 Å². The van der Waals surface area contributed by atoms with Crippen molar-refractivity contribution in [3.63, 3.8) is 0 Å². The minimum Gasteiger partial charge on any atom is -0.462 e. The molecule has 3 aliphatic heterocycles. The van der Waals surface area contributed by atoms with Crippen LogP contribution in [0.1, 0.15) is 52.2 Å². The molecule has 2 aromatic heterocycles. The quantitative estimate of drug-likeness (QED) is 0.313. The molecule has 0 radical (unpaired) electrons. The number of amides is 3. The average Bonchev–Trinajstić information content (AvgIpc) is 3.66. The first-order valence-corrected chi connectivity index (χ1v) is 15.8. The van der Waals surface area contributed by atoms with Gasteiger partial charge < -0.3 is 9.64 Å². The number of benzene rings is 1. The zero-order valence-electron chi connectivity index (χ0n) is 21.7. The van der Waals surface area contributed by atoms with Gasteiger partial charge in [0.2, 0.25) is 17.7 Å². The number of carbonyl (C=O) groups excluding carboxylic acids is 4. The van der Waals surface area contributed by atoms with Crippen molar-refractivity contribution in [1.29, 1.82) is 0 Å². The predicted octanol–water partition coefficient (Wildman–Crippen LogP) is 3.96. The zero-order valence-corrected chi connectivity index (χ0v) is 24.2. The van der Waals surface area contributed by atoms with E-state index in [4.69, 9.17) is 4.74 Å². The second kappa shape index (κ2) is 11.0. The number of thiophene rings is 1. The van der Waals surface area contributed by atoms with Gasteiger partial charge in [-0.05, 0) is 61.9 Å². The summed E-state index contributed by atoms with van der Waals surface area (Å²) in [7, 11) is 0. The maximum Gasteiger partial charge on any atom is 0.338 e. The van der Waals surface area contributed by atoms with Crippen LogP contribution in [0.15, 0.2) is 51.6 Å². The summed E-state index contributed by atoms with van der Waals surface area (Å²) in [4.78, 5) is 70.5. The molecule has 208 valence electrons. The molecule has 0 unspecified atom stereocenters. The van der Waals surface area contributed by atoms with Crippen LogP contribution in [0, 0.1) is 5.92 Å². The van der Waals surface area contributed by atoms with Crippen LogP contribution in [0.25, 0.3) is 0 Å². The zero-order chi connectivity index (χ0) is 28.0. The van der Waals surface area contributed by atoms with Crippen molar-refractivity contribution in [2.75, 3.05) is 24.6 Å². The lowest BCUT2D eigenvalue weighted by Crippen LogP contribution is -2.39. The molecule has 0 spiro atoms. The second-order valence-electron chi connectivity index (χ2n) is 9.90. The first kappa shape index (κ1) is 27.0. The topological polar surface area (TPSA) is 106 Å². The summed E-state index contributed by atoms with van der Waals surface area (Å²) in [6, 6.07) is 10.1. The van der Waals surface area contributed by atoms with Gasteiger partial charge in [0.15, 0.2) is 0 Å². The Morgan fingerprint density at radius 3 is 2.42 bits per heavy atom. The maximum absolute atomic E-state index is 13.9. The van der Waals surface area contributed by atoms with Gasteiger partial charge in [0.25, 0.3) is 0 Å². The van der Waals surface area contributed by atoms with Crippen LogP contribution in [0.5, 0.6) is 0 Å². The van der Waals surface area contributed by atoms with Crippen LogP contribution in [-0.4, -0.2) is 58.1 Å². The molecule has 40 heavy (non-hydrogen) atoms. The van der Waals surface area contributed by atoms with Gasteiger partial charge in [-0.25, -0.2) is 9.69 Å². The summed E-state index contributed by atoms with van der Waals surface area (Å²) in [6.45, 7) is 3.26. The maximum atomic E-state index is 13.9. The molecule has 5 heterocycles. The summed E-state index contributed by atoms with van der Waals surface area (Å²) in [5.41, 5.74) is 0.710. The van der Waals surface area contributed by atoms with Gasteiger partial charge >= 0.3 is 10.8 Å². The highest BCUT2D eigenvalue weighted by Gasteiger charge is 2.57. The molecule has 2 saturated heterocycles. The molecule has 12 heteroatoms. The molecule has 0 N–H and O–H groups in total. The monoisotopic (exact) mass is 597 g/mol. The van der Waals surface area contributed by atoms with Gasteiger partial charge in [0, 0.05) is 28.8 Å². The molecule has 2 fully saturated rings. The number of nitrogens with zero attached hydrogens (tertiary/aromatic N) is 3. The Morgan fingerprint density at radius 2 is 1.75 bits per heavy atom. The van der Waals surface area contributed by atoms with Crippen LogP contribution in [0.3, 0.4) is 0 Å². The highest BCUT2D eigenvalue weighted by molar-refractivity contribution is 8.00. The van der Waals surface area contributed by atoms with Gasteiger partial charge in [0.1, 0.15) is 11.8 Å². The van der Waals surface area contributed by atoms with Crippen molar-refractivity contribution in [2.45, 2.75) is 48.9 Å². The van der Waals surface area contributed by atoms with Crippen LogP contribution >= 0.6 is 34.4 Å². The van der Waals surface area contributed by atoms with Gasteiger partial charge in [0.05, 0.1) is 28.8 Å². The third kappa shape index (κ3) is 4.61. The standard InChI is InChI=1S/C28H27N3O6S3/c1-2-37-27(35)16-8-10-17(11-9-16)31-24(33)21-20(18-7-6-14-38-18)23-26(39-22(21)25(31)34)30(28(36)40-23)15-19(32)29-12-4-3-5-13-29/h6-11,14,20-22H,2-5,12-13,15H2,1H3/t20-,21+,22-/m0/s1. The molecule has 1 aromatic carbocycles. The van der Waals surface area contributed by atoms with Crippen molar-refractivity contribution < 1.29 is 23.9 Å². The Bertz CT molecular complexity index is 1520. The fraction of sp³-hybridized carbons (Fsp3) is 0.393. The van der Waals surface area contributed by atoms with Crippen molar-refractivity contribution in [3.05, 3.63) is 66.8 Å². The molecular weight excluding hydrogens is 571 g/mol. The van der Waals surface area contributed by atoms with E-state index in [0.717, 1.165) is 40.4 Å². The number of carbonyl (C=O) groups is 4. The van der Waals surface area contributed by atoms with E-state index >= 15 is 0 Å². The molecule has 3 aromatic rings. The Balaban J connectivity index is 1.36. The number of thiazole rings is 1. The van der Waals surface area contributed by atoms with Crippen molar-refractivity contribution in [2.24, 2.45) is 5.92 Å². The lowest BCUT2D eigenvalue weighted by atomic mass is 9.87. The number of hydrogen-bond acceptors (Lipinski definition) is 9. The van der Waals surface area contributed by atoms with Gasteiger partial charge in [-0.15, -0.1) is 11.3 Å². The molecule has 0 bridgehead atoms. The van der Waals surface area contributed by atoms with E-state index < -0.39 is 23.1 Å². The fourth-order valence-electron chi connectivity index (χ4n) is 5.62. The van der Waals surface area contributed by atoms with E-state index in [1.165, 1.54) is 32.6 Å². The minimum absolute atomic E-state index is 0.0760. The van der Waals surface area contributed by atoms with E-state index in [0.29, 0.717) is 29.4 Å². The SMILES string of the molecule is CCOC(=O)c1ccc(N2C(=O)[C@@H]3[C@H](c4cccs4)c4sc(=O)n(CC(=O)N5CCCCC5)c4S[C@@H]3C2=O)cc1. The Labute approximate surface area is 242 Å². The van der Waals surface area contributed by atoms with Crippen LogP contribution in [0.4, 0.5) is 5.69 Å². The van der Waals surface area contributed by atoms with E-state index in [-0.39, 0.29) is 35.7 Å². The number of rotatable bonds is 6. The van der Waals surface area contributed by atoms with Crippen LogP contribution in [-0.2, 0) is 25.7 Å². The smallest absolute Gasteiger partial charge is 0.338 e. The van der Waals surface area contributed by atoms with Crippen molar-refractivity contribution >= 4 is 63.8 Å². The highest BCUT2D eigenvalue weighted by Crippen LogP contribution is 2.54. The lowest BCUT2D eigenvalue weighted by Gasteiger charge is -2.30. The fourth-order valence-corrected chi connectivity index (χ4v) is 9.35. The van der Waals surface area contributed by atoms with Crippen molar-refractivity contribution in [1.82, 2.24) is 9.47 Å². The van der Waals surface area contributed by atoms with Gasteiger partial charge in [-0.3, -0.25) is 23.7 Å². The average molecular weight is 598 g/mol. The number of ether oxygens (including phenoxy) is 1. The number of fused-ring (bicyclic) bond motifs is 2. The summed E-state index contributed by atoms with van der Waals surface area (Å²) in [5, 5.41) is 1.77. The summed E-state index contributed by atoms with van der Waals surface area (Å²) < 4.78 is 6.53. The highest BCUT2D eigenvalue weighted by atomic mass is 32.2. The molecular formula is C28H27N3O6S3. The molecule has 3 atom stereocenters. The molecule has 3 aliphatic rings. The molecule has 3 amide bonds. The summed E-state index contributed by atoms with van der Waals surface area (Å²) in [6.07, 6.45) is 3.00. The van der Waals surface area contributed by atoms with E-state index in [1.807, 2.05) is 17.5 Å². The predicted molar refractivity (Wildman–Crippen MR) is 153 cm³/mol. The minimum atomic E-state index is -0.748. The number of piperidine rings is 1. The lowest BCUT2D eigenvalue weighted by molar-refractivity contribution is -0.133. The van der Waals surface area contributed by atoms with E-state index in [1.54, 1.807) is 36.1 Å². The van der Waals surface area contributed by atoms with Crippen molar-refractivity contribution in [3.8, 4) is 0 Å². The Hall–Kier alpha value is -3.22. The normalized spacial score (nSPS) is 22.3. The summed E-state index contributed by atoms with van der Waals surface area (Å²) >= 11 is 3.75. The van der Waals surface area contributed by atoms with E-state index in [9.17, 15) is 24.0 Å². The third-order valence-electron chi connectivity index (χ3n) is 7.54. The van der Waals surface area contributed by atoms with E-state index in [2.05, 4.69) is 0 Å². The van der Waals surface area contributed by atoms with Gasteiger partial charge in [-0.1, -0.05) is 29.2 Å². The number of esters is 1.